The lowest BCUT2D eigenvalue weighted by Gasteiger charge is -2.26. The number of benzene rings is 1. The number of phenolic OH excluding ortho intramolecular Hbond substituents is 1. The summed E-state index contributed by atoms with van der Waals surface area (Å²) in [6.07, 6.45) is 2.85. The van der Waals surface area contributed by atoms with Gasteiger partial charge in [-0.25, -0.2) is 0 Å². The maximum atomic E-state index is 12.3. The highest BCUT2D eigenvalue weighted by molar-refractivity contribution is 5.97. The Morgan fingerprint density at radius 3 is 2.89 bits per heavy atom. The van der Waals surface area contributed by atoms with Gasteiger partial charge in [-0.05, 0) is 31.1 Å². The third kappa shape index (κ3) is 3.15. The van der Waals surface area contributed by atoms with Gasteiger partial charge in [0.15, 0.2) is 0 Å². The molecule has 1 aromatic carbocycles. The van der Waals surface area contributed by atoms with Crippen molar-refractivity contribution in [2.45, 2.75) is 13.3 Å². The molecule has 4 heteroatoms. The second-order valence-corrected chi connectivity index (χ2v) is 4.82. The molecule has 0 unspecified atom stereocenters. The second kappa shape index (κ2) is 5.89. The summed E-state index contributed by atoms with van der Waals surface area (Å²) in [6, 6.07) is 5.09. The SMILES string of the molecule is COCC1=CCN(C(=O)c2cc(C)ccc2O)CC1. The average Bonchev–Trinajstić information content (AvgIpc) is 2.42. The van der Waals surface area contributed by atoms with Crippen molar-refractivity contribution in [2.75, 3.05) is 26.8 Å². The number of carbonyl (C=O) groups excluding carboxylic acids is 1. The summed E-state index contributed by atoms with van der Waals surface area (Å²) in [5.41, 5.74) is 2.57. The molecule has 0 radical (unpaired) electrons. The normalized spacial score (nSPS) is 15.3. The van der Waals surface area contributed by atoms with E-state index in [-0.39, 0.29) is 11.7 Å². The lowest BCUT2D eigenvalue weighted by atomic mass is 10.1. The monoisotopic (exact) mass is 261 g/mol. The van der Waals surface area contributed by atoms with Crippen LogP contribution in [0.15, 0.2) is 29.8 Å². The molecule has 0 saturated heterocycles. The smallest absolute Gasteiger partial charge is 0.257 e. The van der Waals surface area contributed by atoms with Crippen LogP contribution in [-0.2, 0) is 4.74 Å². The van der Waals surface area contributed by atoms with Gasteiger partial charge in [0.05, 0.1) is 12.2 Å². The van der Waals surface area contributed by atoms with Gasteiger partial charge in [0, 0.05) is 20.2 Å². The van der Waals surface area contributed by atoms with Crippen LogP contribution in [0.25, 0.3) is 0 Å². The van der Waals surface area contributed by atoms with Gasteiger partial charge in [-0.2, -0.15) is 0 Å². The fraction of sp³-hybridized carbons (Fsp3) is 0.400. The van der Waals surface area contributed by atoms with Crippen molar-refractivity contribution in [1.29, 1.82) is 0 Å². The Morgan fingerprint density at radius 2 is 2.26 bits per heavy atom. The number of hydrogen-bond acceptors (Lipinski definition) is 3. The molecule has 2 rings (SSSR count). The van der Waals surface area contributed by atoms with Crippen LogP contribution in [0.2, 0.25) is 0 Å². The molecule has 4 nitrogen and oxygen atoms in total. The van der Waals surface area contributed by atoms with Gasteiger partial charge in [0.2, 0.25) is 0 Å². The Labute approximate surface area is 113 Å². The molecule has 0 aromatic heterocycles. The molecule has 1 heterocycles. The van der Waals surface area contributed by atoms with Gasteiger partial charge in [-0.1, -0.05) is 17.7 Å². The lowest BCUT2D eigenvalue weighted by molar-refractivity contribution is 0.0762. The van der Waals surface area contributed by atoms with Gasteiger partial charge < -0.3 is 14.7 Å². The number of aryl methyl sites for hydroxylation is 1. The van der Waals surface area contributed by atoms with Crippen LogP contribution in [0, 0.1) is 6.92 Å². The zero-order valence-electron chi connectivity index (χ0n) is 11.3. The van der Waals surface area contributed by atoms with Crippen molar-refractivity contribution in [3.8, 4) is 5.75 Å². The van der Waals surface area contributed by atoms with Gasteiger partial charge in [0.25, 0.3) is 5.91 Å². The van der Waals surface area contributed by atoms with Crippen molar-refractivity contribution >= 4 is 5.91 Å². The molecule has 0 saturated carbocycles. The van der Waals surface area contributed by atoms with E-state index >= 15 is 0 Å². The Kier molecular flexibility index (Phi) is 4.22. The maximum Gasteiger partial charge on any atom is 0.257 e. The summed E-state index contributed by atoms with van der Waals surface area (Å²) in [7, 11) is 1.67. The van der Waals surface area contributed by atoms with E-state index in [1.54, 1.807) is 30.2 Å². The van der Waals surface area contributed by atoms with Crippen molar-refractivity contribution in [2.24, 2.45) is 0 Å². The topological polar surface area (TPSA) is 49.8 Å². The molecule has 0 bridgehead atoms. The Bertz CT molecular complexity index is 508. The third-order valence-electron chi connectivity index (χ3n) is 3.30. The number of nitrogens with zero attached hydrogens (tertiary/aromatic N) is 1. The minimum atomic E-state index is -0.117. The number of aromatic hydroxyl groups is 1. The quantitative estimate of drug-likeness (QED) is 0.848. The number of rotatable bonds is 3. The Morgan fingerprint density at radius 1 is 1.47 bits per heavy atom. The largest absolute Gasteiger partial charge is 0.507 e. The summed E-state index contributed by atoms with van der Waals surface area (Å²) < 4.78 is 5.08. The molecule has 1 aliphatic heterocycles. The van der Waals surface area contributed by atoms with Crippen LogP contribution in [0.4, 0.5) is 0 Å². The third-order valence-corrected chi connectivity index (χ3v) is 3.30. The number of carbonyl (C=O) groups is 1. The Balaban J connectivity index is 2.11. The average molecular weight is 261 g/mol. The van der Waals surface area contributed by atoms with Crippen LogP contribution in [0.1, 0.15) is 22.3 Å². The van der Waals surface area contributed by atoms with Gasteiger partial charge in [0.1, 0.15) is 5.75 Å². The van der Waals surface area contributed by atoms with Crippen molar-refractivity contribution in [3.05, 3.63) is 41.0 Å². The molecule has 0 spiro atoms. The predicted octanol–water partition coefficient (Wildman–Crippen LogP) is 2.12. The molecule has 1 aromatic rings. The molecule has 1 N–H and O–H groups in total. The van der Waals surface area contributed by atoms with Crippen LogP contribution < -0.4 is 0 Å². The van der Waals surface area contributed by atoms with E-state index in [1.807, 2.05) is 13.0 Å². The molecule has 1 amide bonds. The summed E-state index contributed by atoms with van der Waals surface area (Å²) in [4.78, 5) is 14.1. The number of phenols is 1. The van der Waals surface area contributed by atoms with E-state index < -0.39 is 0 Å². The van der Waals surface area contributed by atoms with E-state index in [1.165, 1.54) is 5.57 Å². The minimum Gasteiger partial charge on any atom is -0.507 e. The first-order chi connectivity index (χ1) is 9.11. The highest BCUT2D eigenvalue weighted by atomic mass is 16.5. The van der Waals surface area contributed by atoms with Crippen LogP contribution in [0.5, 0.6) is 5.75 Å². The lowest BCUT2D eigenvalue weighted by Crippen LogP contribution is -2.35. The van der Waals surface area contributed by atoms with Crippen molar-refractivity contribution in [3.63, 3.8) is 0 Å². The Hall–Kier alpha value is -1.81. The van der Waals surface area contributed by atoms with Gasteiger partial charge in [-0.3, -0.25) is 4.79 Å². The predicted molar refractivity (Wildman–Crippen MR) is 73.3 cm³/mol. The summed E-state index contributed by atoms with van der Waals surface area (Å²) >= 11 is 0. The van der Waals surface area contributed by atoms with E-state index in [4.69, 9.17) is 4.74 Å². The molecule has 0 atom stereocenters. The zero-order chi connectivity index (χ0) is 13.8. The highest BCUT2D eigenvalue weighted by Crippen LogP contribution is 2.22. The number of hydrogen-bond donors (Lipinski definition) is 1. The number of amides is 1. The minimum absolute atomic E-state index is 0.0438. The molecule has 102 valence electrons. The van der Waals surface area contributed by atoms with Crippen LogP contribution in [-0.4, -0.2) is 42.7 Å². The molecule has 0 aliphatic carbocycles. The first-order valence-electron chi connectivity index (χ1n) is 6.37. The number of ether oxygens (including phenoxy) is 1. The molecular formula is C15H19NO3. The summed E-state index contributed by atoms with van der Waals surface area (Å²) in [6.45, 7) is 3.77. The summed E-state index contributed by atoms with van der Waals surface area (Å²) in [5, 5.41) is 9.79. The van der Waals surface area contributed by atoms with Gasteiger partial charge in [-0.15, -0.1) is 0 Å². The molecule has 1 aliphatic rings. The molecule has 0 fully saturated rings. The van der Waals surface area contributed by atoms with E-state index in [2.05, 4.69) is 0 Å². The fourth-order valence-electron chi connectivity index (χ4n) is 2.20. The first-order valence-corrected chi connectivity index (χ1v) is 6.37. The van der Waals surface area contributed by atoms with Crippen molar-refractivity contribution in [1.82, 2.24) is 4.90 Å². The molecular weight excluding hydrogens is 242 g/mol. The van der Waals surface area contributed by atoms with Crippen LogP contribution in [0.3, 0.4) is 0 Å². The maximum absolute atomic E-state index is 12.3. The summed E-state index contributed by atoms with van der Waals surface area (Å²) in [5.74, 6) is -0.0730. The van der Waals surface area contributed by atoms with E-state index in [0.717, 1.165) is 12.0 Å². The van der Waals surface area contributed by atoms with Crippen LogP contribution >= 0.6 is 0 Å². The molecule has 19 heavy (non-hydrogen) atoms. The fourth-order valence-corrected chi connectivity index (χ4v) is 2.20. The van der Waals surface area contributed by atoms with E-state index in [0.29, 0.717) is 25.3 Å². The second-order valence-electron chi connectivity index (χ2n) is 4.82. The number of methoxy groups -OCH3 is 1. The first kappa shape index (κ1) is 13.6. The van der Waals surface area contributed by atoms with E-state index in [9.17, 15) is 9.90 Å². The highest BCUT2D eigenvalue weighted by Gasteiger charge is 2.21. The van der Waals surface area contributed by atoms with Crippen molar-refractivity contribution < 1.29 is 14.6 Å². The zero-order valence-corrected chi connectivity index (χ0v) is 11.3. The van der Waals surface area contributed by atoms with Gasteiger partial charge >= 0.3 is 0 Å². The standard InChI is InChI=1S/C15H19NO3/c1-11-3-4-14(17)13(9-11)15(18)16-7-5-12(6-8-16)10-19-2/h3-5,9,17H,6-8,10H2,1-2H3.